The van der Waals surface area contributed by atoms with Gasteiger partial charge < -0.3 is 24.8 Å². The Balaban J connectivity index is 1.56. The number of carbonyl (C=O) groups is 4. The van der Waals surface area contributed by atoms with E-state index < -0.39 is 12.1 Å². The number of benzene rings is 3. The van der Waals surface area contributed by atoms with Crippen LogP contribution in [0, 0.1) is 0 Å². The third-order valence-corrected chi connectivity index (χ3v) is 4.58. The standard InChI is InChI=1S/C26H24N2O7/c1-3-33-26(32)35-22-12-10-19(11-13-22)24(30)27-16-18-6-4-8-21(14-18)28-25(31)20-7-5-9-23(15-20)34-17(2)29/h4-15H,3,16H2,1-2H3,(H,27,30)(H,28,31). The van der Waals surface area contributed by atoms with Crippen LogP contribution in [0.25, 0.3) is 0 Å². The highest BCUT2D eigenvalue weighted by Crippen LogP contribution is 2.17. The molecule has 0 radical (unpaired) electrons. The van der Waals surface area contributed by atoms with Crippen molar-refractivity contribution in [3.63, 3.8) is 0 Å². The van der Waals surface area contributed by atoms with Crippen LogP contribution in [0.15, 0.2) is 72.8 Å². The molecule has 0 heterocycles. The van der Waals surface area contributed by atoms with E-state index in [0.29, 0.717) is 16.8 Å². The van der Waals surface area contributed by atoms with Crippen molar-refractivity contribution in [2.24, 2.45) is 0 Å². The molecule has 2 amide bonds. The average Bonchev–Trinajstić information content (AvgIpc) is 2.83. The first-order valence-electron chi connectivity index (χ1n) is 10.8. The summed E-state index contributed by atoms with van der Waals surface area (Å²) in [5.74, 6) is -0.614. The monoisotopic (exact) mass is 476 g/mol. The van der Waals surface area contributed by atoms with E-state index in [1.54, 1.807) is 43.3 Å². The summed E-state index contributed by atoms with van der Waals surface area (Å²) in [6.07, 6.45) is -0.811. The Labute approximate surface area is 202 Å². The van der Waals surface area contributed by atoms with E-state index in [-0.39, 0.29) is 36.5 Å². The van der Waals surface area contributed by atoms with Gasteiger partial charge in [0.25, 0.3) is 11.8 Å². The molecule has 0 saturated carbocycles. The molecule has 0 spiro atoms. The Kier molecular flexibility index (Phi) is 8.55. The van der Waals surface area contributed by atoms with Crippen LogP contribution in [-0.2, 0) is 16.1 Å². The molecule has 0 unspecified atom stereocenters. The van der Waals surface area contributed by atoms with Gasteiger partial charge in [-0.05, 0) is 67.1 Å². The molecule has 0 atom stereocenters. The maximum atomic E-state index is 12.6. The smallest absolute Gasteiger partial charge is 0.434 e. The van der Waals surface area contributed by atoms with Crippen LogP contribution in [-0.4, -0.2) is 30.5 Å². The van der Waals surface area contributed by atoms with Crippen molar-refractivity contribution < 1.29 is 33.4 Å². The molecule has 0 aliphatic rings. The molecule has 9 heteroatoms. The molecule has 0 bridgehead atoms. The lowest BCUT2D eigenvalue weighted by molar-refractivity contribution is -0.131. The molecular formula is C26H24N2O7. The Morgan fingerprint density at radius 1 is 0.771 bits per heavy atom. The van der Waals surface area contributed by atoms with Crippen LogP contribution in [0.2, 0.25) is 0 Å². The lowest BCUT2D eigenvalue weighted by Crippen LogP contribution is -2.22. The van der Waals surface area contributed by atoms with Gasteiger partial charge in [0.15, 0.2) is 0 Å². The summed E-state index contributed by atoms with van der Waals surface area (Å²) in [6, 6.07) is 19.4. The van der Waals surface area contributed by atoms with E-state index in [4.69, 9.17) is 14.2 Å². The van der Waals surface area contributed by atoms with Crippen LogP contribution >= 0.6 is 0 Å². The first-order chi connectivity index (χ1) is 16.8. The van der Waals surface area contributed by atoms with E-state index in [0.717, 1.165) is 5.56 Å². The zero-order valence-electron chi connectivity index (χ0n) is 19.2. The van der Waals surface area contributed by atoms with Crippen molar-refractivity contribution >= 4 is 29.6 Å². The minimum atomic E-state index is -0.811. The molecule has 0 aliphatic carbocycles. The summed E-state index contributed by atoms with van der Waals surface area (Å²) in [5.41, 5.74) is 2.03. The van der Waals surface area contributed by atoms with Crippen molar-refractivity contribution in [3.05, 3.63) is 89.5 Å². The molecule has 3 aromatic carbocycles. The third-order valence-electron chi connectivity index (χ3n) is 4.58. The number of hydrogen-bond donors (Lipinski definition) is 2. The van der Waals surface area contributed by atoms with Gasteiger partial charge in [0, 0.05) is 30.3 Å². The van der Waals surface area contributed by atoms with E-state index in [2.05, 4.69) is 10.6 Å². The van der Waals surface area contributed by atoms with Gasteiger partial charge >= 0.3 is 12.1 Å². The summed E-state index contributed by atoms with van der Waals surface area (Å²) >= 11 is 0. The fraction of sp³-hybridized carbons (Fsp3) is 0.154. The molecule has 0 saturated heterocycles. The van der Waals surface area contributed by atoms with E-state index in [1.165, 1.54) is 37.3 Å². The predicted octanol–water partition coefficient (Wildman–Crippen LogP) is 4.33. The molecule has 3 rings (SSSR count). The van der Waals surface area contributed by atoms with E-state index >= 15 is 0 Å². The quantitative estimate of drug-likeness (QED) is 0.282. The minimum Gasteiger partial charge on any atom is -0.434 e. The molecular weight excluding hydrogens is 452 g/mol. The average molecular weight is 476 g/mol. The van der Waals surface area contributed by atoms with Crippen LogP contribution in [0.1, 0.15) is 40.1 Å². The van der Waals surface area contributed by atoms with Crippen molar-refractivity contribution in [3.8, 4) is 11.5 Å². The summed E-state index contributed by atoms with van der Waals surface area (Å²) < 4.78 is 14.7. The Bertz CT molecular complexity index is 1220. The number of esters is 1. The molecule has 0 fully saturated rings. The number of amides is 2. The second kappa shape index (κ2) is 12.0. The second-order valence-electron chi connectivity index (χ2n) is 7.27. The van der Waals surface area contributed by atoms with Gasteiger partial charge in [-0.1, -0.05) is 18.2 Å². The molecule has 180 valence electrons. The fourth-order valence-electron chi connectivity index (χ4n) is 3.03. The van der Waals surface area contributed by atoms with Gasteiger partial charge in [-0.3, -0.25) is 14.4 Å². The maximum absolute atomic E-state index is 12.6. The number of hydrogen-bond acceptors (Lipinski definition) is 7. The number of carbonyl (C=O) groups excluding carboxylic acids is 4. The maximum Gasteiger partial charge on any atom is 0.513 e. The van der Waals surface area contributed by atoms with Crippen LogP contribution in [0.3, 0.4) is 0 Å². The molecule has 9 nitrogen and oxygen atoms in total. The van der Waals surface area contributed by atoms with E-state index in [9.17, 15) is 19.2 Å². The molecule has 2 N–H and O–H groups in total. The summed E-state index contributed by atoms with van der Waals surface area (Å²) in [6.45, 7) is 3.38. The lowest BCUT2D eigenvalue weighted by atomic mass is 10.1. The third kappa shape index (κ3) is 7.71. The number of nitrogens with one attached hydrogen (secondary N) is 2. The highest BCUT2D eigenvalue weighted by molar-refractivity contribution is 6.04. The molecule has 35 heavy (non-hydrogen) atoms. The van der Waals surface area contributed by atoms with Crippen molar-refractivity contribution in [1.82, 2.24) is 5.32 Å². The van der Waals surface area contributed by atoms with Crippen LogP contribution in [0.5, 0.6) is 11.5 Å². The topological polar surface area (TPSA) is 120 Å². The Morgan fingerprint density at radius 2 is 1.51 bits per heavy atom. The van der Waals surface area contributed by atoms with Gasteiger partial charge in [-0.25, -0.2) is 4.79 Å². The zero-order chi connectivity index (χ0) is 25.2. The van der Waals surface area contributed by atoms with Crippen molar-refractivity contribution in [2.45, 2.75) is 20.4 Å². The molecule has 3 aromatic rings. The number of ether oxygens (including phenoxy) is 3. The number of anilines is 1. The summed E-state index contributed by atoms with van der Waals surface area (Å²) in [4.78, 5) is 47.5. The summed E-state index contributed by atoms with van der Waals surface area (Å²) in [7, 11) is 0. The first kappa shape index (κ1) is 25.0. The highest BCUT2D eigenvalue weighted by atomic mass is 16.7. The van der Waals surface area contributed by atoms with Crippen molar-refractivity contribution in [1.29, 1.82) is 0 Å². The van der Waals surface area contributed by atoms with Gasteiger partial charge in [0.05, 0.1) is 6.61 Å². The summed E-state index contributed by atoms with van der Waals surface area (Å²) in [5, 5.41) is 5.59. The van der Waals surface area contributed by atoms with Gasteiger partial charge in [-0.2, -0.15) is 0 Å². The van der Waals surface area contributed by atoms with Gasteiger partial charge in [0.2, 0.25) is 0 Å². The first-order valence-corrected chi connectivity index (χ1v) is 10.8. The van der Waals surface area contributed by atoms with Gasteiger partial charge in [-0.15, -0.1) is 0 Å². The number of rotatable bonds is 8. The highest BCUT2D eigenvalue weighted by Gasteiger charge is 2.11. The normalized spacial score (nSPS) is 10.1. The predicted molar refractivity (Wildman–Crippen MR) is 127 cm³/mol. The molecule has 0 aromatic heterocycles. The van der Waals surface area contributed by atoms with Gasteiger partial charge in [0.1, 0.15) is 11.5 Å². The zero-order valence-corrected chi connectivity index (χ0v) is 19.2. The van der Waals surface area contributed by atoms with Crippen LogP contribution < -0.4 is 20.1 Å². The van der Waals surface area contributed by atoms with Crippen LogP contribution in [0.4, 0.5) is 10.5 Å². The van der Waals surface area contributed by atoms with E-state index in [1.807, 2.05) is 6.07 Å². The SMILES string of the molecule is CCOC(=O)Oc1ccc(C(=O)NCc2cccc(NC(=O)c3cccc(OC(C)=O)c3)c2)cc1. The fourth-order valence-corrected chi connectivity index (χ4v) is 3.03. The largest absolute Gasteiger partial charge is 0.513 e. The second-order valence-corrected chi connectivity index (χ2v) is 7.27. The molecule has 0 aliphatic heterocycles. The Morgan fingerprint density at radius 3 is 2.23 bits per heavy atom. The minimum absolute atomic E-state index is 0.202. The Hall–Kier alpha value is -4.66. The lowest BCUT2D eigenvalue weighted by Gasteiger charge is -2.10. The van der Waals surface area contributed by atoms with Crippen molar-refractivity contribution in [2.75, 3.05) is 11.9 Å².